The molecule has 0 fully saturated rings. The van der Waals surface area contributed by atoms with Gasteiger partial charge >= 0.3 is 186 Å². The van der Waals surface area contributed by atoms with Crippen molar-refractivity contribution in [3.05, 3.63) is 103 Å². The average Bonchev–Trinajstić information content (AvgIpc) is 3.24. The fourth-order valence-corrected chi connectivity index (χ4v) is 6.39. The molecule has 6 aromatic rings. The number of benzene rings is 4. The summed E-state index contributed by atoms with van der Waals surface area (Å²) in [7, 11) is 0. The molecule has 0 aliphatic rings. The van der Waals surface area contributed by atoms with Crippen LogP contribution in [0.25, 0.3) is 53.5 Å². The van der Waals surface area contributed by atoms with Crippen LogP contribution >= 0.6 is 0 Å². The second-order valence-corrected chi connectivity index (χ2v) is 9.53. The Bertz CT molecular complexity index is 1460. The Labute approximate surface area is 185 Å². The standard InChI is InChI=1S/C27H17N3Se/c1-3-10-18(11-4-1)25-28-26(19-12-5-2-6-13-19)30-27(29-25)22-16-9-15-21-20-14-7-8-17-23(20)31-24(21)22/h1-17H. The van der Waals surface area contributed by atoms with Crippen molar-refractivity contribution in [2.45, 2.75) is 0 Å². The first-order valence-corrected chi connectivity index (χ1v) is 11.9. The molecule has 0 amide bonds. The first-order valence-electron chi connectivity index (χ1n) is 10.1. The maximum absolute atomic E-state index is 4.93. The summed E-state index contributed by atoms with van der Waals surface area (Å²) in [6.07, 6.45) is 0. The number of rotatable bonds is 3. The molecule has 2 heterocycles. The van der Waals surface area contributed by atoms with Crippen molar-refractivity contribution in [1.82, 2.24) is 15.0 Å². The summed E-state index contributed by atoms with van der Waals surface area (Å²) in [6.45, 7) is 0. The quantitative estimate of drug-likeness (QED) is 0.293. The van der Waals surface area contributed by atoms with E-state index in [4.69, 9.17) is 15.0 Å². The van der Waals surface area contributed by atoms with E-state index in [0.717, 1.165) is 22.5 Å². The zero-order chi connectivity index (χ0) is 20.6. The molecular formula is C27H17N3Se. The topological polar surface area (TPSA) is 38.7 Å². The predicted molar refractivity (Wildman–Crippen MR) is 128 cm³/mol. The van der Waals surface area contributed by atoms with Crippen LogP contribution in [0.3, 0.4) is 0 Å². The van der Waals surface area contributed by atoms with E-state index in [0.29, 0.717) is 11.6 Å². The van der Waals surface area contributed by atoms with Crippen LogP contribution < -0.4 is 0 Å². The SMILES string of the molecule is c1ccc(-c2nc(-c3ccccc3)nc(-c3cccc4c3[se]c3ccccc34)n2)cc1. The third-order valence-corrected chi connectivity index (χ3v) is 7.90. The predicted octanol–water partition coefficient (Wildman–Crippen LogP) is 6.24. The van der Waals surface area contributed by atoms with Gasteiger partial charge in [0, 0.05) is 0 Å². The molecule has 2 aromatic heterocycles. The van der Waals surface area contributed by atoms with Gasteiger partial charge in [0.15, 0.2) is 0 Å². The molecule has 6 rings (SSSR count). The van der Waals surface area contributed by atoms with E-state index in [1.807, 2.05) is 60.7 Å². The monoisotopic (exact) mass is 463 g/mol. The molecule has 0 aliphatic heterocycles. The Morgan fingerprint density at radius 1 is 0.452 bits per heavy atom. The Morgan fingerprint density at radius 3 is 1.68 bits per heavy atom. The Balaban J connectivity index is 1.63. The molecule has 0 spiro atoms. The summed E-state index contributed by atoms with van der Waals surface area (Å²) in [4.78, 5) is 14.7. The molecule has 0 saturated heterocycles. The normalized spacial score (nSPS) is 11.2. The Hall–Kier alpha value is -3.59. The van der Waals surface area contributed by atoms with E-state index in [1.165, 1.54) is 19.3 Å². The van der Waals surface area contributed by atoms with Gasteiger partial charge in [-0.1, -0.05) is 0 Å². The summed E-state index contributed by atoms with van der Waals surface area (Å²) in [5.74, 6) is 2.13. The molecule has 0 bridgehead atoms. The van der Waals surface area contributed by atoms with Crippen LogP contribution in [0.2, 0.25) is 0 Å². The van der Waals surface area contributed by atoms with Gasteiger partial charge in [-0.25, -0.2) is 0 Å². The van der Waals surface area contributed by atoms with Gasteiger partial charge in [0.2, 0.25) is 0 Å². The molecule has 0 aliphatic carbocycles. The molecule has 0 atom stereocenters. The van der Waals surface area contributed by atoms with Crippen molar-refractivity contribution in [3.8, 4) is 34.2 Å². The van der Waals surface area contributed by atoms with E-state index >= 15 is 0 Å². The average molecular weight is 462 g/mol. The number of nitrogens with zero attached hydrogens (tertiary/aromatic N) is 3. The molecule has 146 valence electrons. The van der Waals surface area contributed by atoms with Crippen LogP contribution in [0.4, 0.5) is 0 Å². The molecule has 0 N–H and O–H groups in total. The molecule has 3 nitrogen and oxygen atoms in total. The minimum atomic E-state index is 0.231. The zero-order valence-electron chi connectivity index (χ0n) is 16.6. The van der Waals surface area contributed by atoms with Gasteiger partial charge in [0.25, 0.3) is 0 Å². The summed E-state index contributed by atoms with van der Waals surface area (Å²) in [6, 6.07) is 35.4. The number of hydrogen-bond acceptors (Lipinski definition) is 3. The number of fused-ring (bicyclic) bond motifs is 3. The molecule has 31 heavy (non-hydrogen) atoms. The van der Waals surface area contributed by atoms with Gasteiger partial charge in [0.1, 0.15) is 0 Å². The van der Waals surface area contributed by atoms with Crippen LogP contribution in [0, 0.1) is 0 Å². The van der Waals surface area contributed by atoms with Crippen LogP contribution in [0.15, 0.2) is 103 Å². The van der Waals surface area contributed by atoms with Gasteiger partial charge in [-0.2, -0.15) is 0 Å². The van der Waals surface area contributed by atoms with E-state index in [-0.39, 0.29) is 14.5 Å². The molecule has 4 heteroatoms. The first-order chi connectivity index (χ1) is 15.4. The number of aromatic nitrogens is 3. The van der Waals surface area contributed by atoms with Gasteiger partial charge < -0.3 is 0 Å². The van der Waals surface area contributed by atoms with Crippen LogP contribution in [-0.4, -0.2) is 29.5 Å². The second-order valence-electron chi connectivity index (χ2n) is 7.32. The van der Waals surface area contributed by atoms with Gasteiger partial charge in [-0.05, 0) is 0 Å². The van der Waals surface area contributed by atoms with Crippen LogP contribution in [0.5, 0.6) is 0 Å². The van der Waals surface area contributed by atoms with Crippen molar-refractivity contribution < 1.29 is 0 Å². The van der Waals surface area contributed by atoms with Crippen molar-refractivity contribution in [2.75, 3.05) is 0 Å². The summed E-state index contributed by atoms with van der Waals surface area (Å²) >= 11 is 0.231. The third kappa shape index (κ3) is 3.27. The Kier molecular flexibility index (Phi) is 4.45. The molecule has 0 saturated carbocycles. The Morgan fingerprint density at radius 2 is 1.00 bits per heavy atom. The first kappa shape index (κ1) is 18.2. The molecule has 0 unspecified atom stereocenters. The third-order valence-electron chi connectivity index (χ3n) is 5.34. The van der Waals surface area contributed by atoms with Gasteiger partial charge in [-0.15, -0.1) is 0 Å². The van der Waals surface area contributed by atoms with E-state index < -0.39 is 0 Å². The van der Waals surface area contributed by atoms with Gasteiger partial charge in [0.05, 0.1) is 0 Å². The fraction of sp³-hybridized carbons (Fsp3) is 0. The van der Waals surface area contributed by atoms with E-state index in [2.05, 4.69) is 42.5 Å². The second kappa shape index (κ2) is 7.59. The van der Waals surface area contributed by atoms with Crippen molar-refractivity contribution in [2.24, 2.45) is 0 Å². The summed E-state index contributed by atoms with van der Waals surface area (Å²) in [5.41, 5.74) is 3.08. The fourth-order valence-electron chi connectivity index (χ4n) is 3.85. The summed E-state index contributed by atoms with van der Waals surface area (Å²) < 4.78 is 2.76. The number of hydrogen-bond donors (Lipinski definition) is 0. The van der Waals surface area contributed by atoms with Gasteiger partial charge in [-0.3, -0.25) is 0 Å². The van der Waals surface area contributed by atoms with Crippen molar-refractivity contribution >= 4 is 33.8 Å². The van der Waals surface area contributed by atoms with Crippen molar-refractivity contribution in [1.29, 1.82) is 0 Å². The van der Waals surface area contributed by atoms with E-state index in [9.17, 15) is 0 Å². The van der Waals surface area contributed by atoms with E-state index in [1.54, 1.807) is 0 Å². The summed E-state index contributed by atoms with van der Waals surface area (Å²) in [5, 5.41) is 2.64. The maximum atomic E-state index is 4.93. The minimum absolute atomic E-state index is 0.231. The van der Waals surface area contributed by atoms with Crippen molar-refractivity contribution in [3.63, 3.8) is 0 Å². The molecule has 4 aromatic carbocycles. The molecule has 0 radical (unpaired) electrons. The van der Waals surface area contributed by atoms with Crippen LogP contribution in [-0.2, 0) is 0 Å². The zero-order valence-corrected chi connectivity index (χ0v) is 18.3. The van der Waals surface area contributed by atoms with Crippen LogP contribution in [0.1, 0.15) is 0 Å². The molecular weight excluding hydrogens is 445 g/mol.